The lowest BCUT2D eigenvalue weighted by Gasteiger charge is -2.31. The van der Waals surface area contributed by atoms with E-state index in [1.807, 2.05) is 46.9 Å². The second kappa shape index (κ2) is 8.25. The summed E-state index contributed by atoms with van der Waals surface area (Å²) in [6, 6.07) is 5.40. The third kappa shape index (κ3) is 4.52. The van der Waals surface area contributed by atoms with E-state index in [2.05, 4.69) is 10.4 Å². The van der Waals surface area contributed by atoms with Gasteiger partial charge in [-0.3, -0.25) is 9.48 Å². The average molecular weight is 421 g/mol. The molecule has 2 heterocycles. The fourth-order valence-electron chi connectivity index (χ4n) is 3.81. The number of aryl methyl sites for hydroxylation is 4. The first-order chi connectivity index (χ1) is 13.6. The number of sulfonamides is 1. The number of rotatable bonds is 5. The predicted molar refractivity (Wildman–Crippen MR) is 112 cm³/mol. The van der Waals surface area contributed by atoms with Gasteiger partial charge in [0.2, 0.25) is 10.0 Å². The van der Waals surface area contributed by atoms with Gasteiger partial charge in [-0.1, -0.05) is 17.7 Å². The Labute approximate surface area is 172 Å². The number of hydrogen-bond acceptors (Lipinski definition) is 4. The molecule has 8 nitrogen and oxygen atoms in total. The quantitative estimate of drug-likeness (QED) is 0.722. The molecule has 0 spiro atoms. The second-order valence-corrected chi connectivity index (χ2v) is 9.72. The van der Waals surface area contributed by atoms with E-state index < -0.39 is 10.0 Å². The van der Waals surface area contributed by atoms with Crippen LogP contribution >= 0.6 is 0 Å². The Bertz CT molecular complexity index is 1020. The number of benzene rings is 1. The lowest BCUT2D eigenvalue weighted by atomic mass is 10.2. The highest BCUT2D eigenvalue weighted by molar-refractivity contribution is 7.89. The van der Waals surface area contributed by atoms with Gasteiger partial charge in [-0.25, -0.2) is 8.42 Å². The second-order valence-electron chi connectivity index (χ2n) is 7.82. The SMILES string of the molecule is Cc1ccc(S(=O)(=O)N2CC[NH+](CC(=O)Nc3c(C)nn(C)c3C)CC2)c(C)c1. The summed E-state index contributed by atoms with van der Waals surface area (Å²) >= 11 is 0. The third-order valence-corrected chi connectivity index (χ3v) is 7.62. The molecule has 0 bridgehead atoms. The van der Waals surface area contributed by atoms with Gasteiger partial charge in [0, 0.05) is 7.05 Å². The first-order valence-electron chi connectivity index (χ1n) is 9.80. The van der Waals surface area contributed by atoms with Crippen LogP contribution in [0.4, 0.5) is 5.69 Å². The molecule has 0 unspecified atom stereocenters. The van der Waals surface area contributed by atoms with E-state index in [4.69, 9.17) is 0 Å². The van der Waals surface area contributed by atoms with Crippen LogP contribution in [0, 0.1) is 27.7 Å². The van der Waals surface area contributed by atoms with Crippen LogP contribution in [-0.2, 0) is 21.9 Å². The van der Waals surface area contributed by atoms with Gasteiger partial charge < -0.3 is 10.2 Å². The van der Waals surface area contributed by atoms with Crippen LogP contribution < -0.4 is 10.2 Å². The number of hydrogen-bond donors (Lipinski definition) is 2. The van der Waals surface area contributed by atoms with Crippen molar-refractivity contribution in [2.45, 2.75) is 32.6 Å². The van der Waals surface area contributed by atoms with Crippen molar-refractivity contribution < 1.29 is 18.1 Å². The molecule has 0 radical (unpaired) electrons. The maximum atomic E-state index is 13.0. The molecule has 158 valence electrons. The van der Waals surface area contributed by atoms with Gasteiger partial charge >= 0.3 is 0 Å². The molecule has 0 atom stereocenters. The highest BCUT2D eigenvalue weighted by Crippen LogP contribution is 2.21. The molecule has 1 saturated heterocycles. The van der Waals surface area contributed by atoms with Crippen LogP contribution in [0.5, 0.6) is 0 Å². The van der Waals surface area contributed by atoms with Crippen LogP contribution in [0.2, 0.25) is 0 Å². The molecule has 1 aromatic heterocycles. The van der Waals surface area contributed by atoms with Crippen LogP contribution in [0.3, 0.4) is 0 Å². The van der Waals surface area contributed by atoms with Gasteiger partial charge in [0.25, 0.3) is 5.91 Å². The smallest absolute Gasteiger partial charge is 0.279 e. The number of piperazine rings is 1. The summed E-state index contributed by atoms with van der Waals surface area (Å²) in [6.45, 7) is 9.88. The molecular formula is C20H30N5O3S+. The minimum absolute atomic E-state index is 0.0788. The number of carbonyl (C=O) groups excluding carboxylic acids is 1. The lowest BCUT2D eigenvalue weighted by Crippen LogP contribution is -3.15. The van der Waals surface area contributed by atoms with Gasteiger partial charge in [-0.15, -0.1) is 0 Å². The average Bonchev–Trinajstić information content (AvgIpc) is 2.88. The van der Waals surface area contributed by atoms with E-state index in [1.54, 1.807) is 10.7 Å². The number of quaternary nitrogens is 1. The first-order valence-corrected chi connectivity index (χ1v) is 11.2. The number of amides is 1. The Morgan fingerprint density at radius 3 is 2.38 bits per heavy atom. The number of nitrogens with one attached hydrogen (secondary N) is 2. The summed E-state index contributed by atoms with van der Waals surface area (Å²) in [5, 5.41) is 7.26. The van der Waals surface area contributed by atoms with Crippen molar-refractivity contribution in [1.82, 2.24) is 14.1 Å². The Hall–Kier alpha value is -2.23. The Balaban J connectivity index is 1.59. The fraction of sp³-hybridized carbons (Fsp3) is 0.500. The van der Waals surface area contributed by atoms with Gasteiger partial charge in [-0.2, -0.15) is 9.40 Å². The molecule has 2 aromatic rings. The normalized spacial score (nSPS) is 16.2. The highest BCUT2D eigenvalue weighted by Gasteiger charge is 2.32. The van der Waals surface area contributed by atoms with Crippen molar-refractivity contribution in [3.05, 3.63) is 40.7 Å². The van der Waals surface area contributed by atoms with Crippen LogP contribution in [-0.4, -0.2) is 61.1 Å². The van der Waals surface area contributed by atoms with E-state index in [9.17, 15) is 13.2 Å². The molecule has 1 aliphatic heterocycles. The van der Waals surface area contributed by atoms with Crippen molar-refractivity contribution in [3.8, 4) is 0 Å². The van der Waals surface area contributed by atoms with Gasteiger partial charge in [0.15, 0.2) is 6.54 Å². The zero-order valence-electron chi connectivity index (χ0n) is 17.7. The molecule has 1 amide bonds. The van der Waals surface area contributed by atoms with Gasteiger partial charge in [0.05, 0.1) is 48.1 Å². The van der Waals surface area contributed by atoms with E-state index in [1.165, 1.54) is 4.31 Å². The number of nitrogens with zero attached hydrogens (tertiary/aromatic N) is 3. The largest absolute Gasteiger partial charge is 0.325 e. The minimum atomic E-state index is -3.51. The van der Waals surface area contributed by atoms with Crippen LogP contribution in [0.1, 0.15) is 22.5 Å². The van der Waals surface area contributed by atoms with E-state index in [-0.39, 0.29) is 5.91 Å². The Kier molecular flexibility index (Phi) is 6.11. The molecule has 9 heteroatoms. The Morgan fingerprint density at radius 1 is 1.17 bits per heavy atom. The molecule has 1 aliphatic rings. The lowest BCUT2D eigenvalue weighted by molar-refractivity contribution is -0.895. The number of aromatic nitrogens is 2. The number of anilines is 1. The topological polar surface area (TPSA) is 88.7 Å². The zero-order valence-corrected chi connectivity index (χ0v) is 18.6. The molecule has 3 rings (SSSR count). The third-order valence-electron chi connectivity index (χ3n) is 5.56. The maximum absolute atomic E-state index is 13.0. The first kappa shape index (κ1) is 21.5. The number of carbonyl (C=O) groups is 1. The Morgan fingerprint density at radius 2 is 1.83 bits per heavy atom. The monoisotopic (exact) mass is 420 g/mol. The molecule has 29 heavy (non-hydrogen) atoms. The van der Waals surface area contributed by atoms with E-state index in [0.717, 1.165) is 33.1 Å². The molecule has 1 aromatic carbocycles. The van der Waals surface area contributed by atoms with Crippen molar-refractivity contribution in [1.29, 1.82) is 0 Å². The summed E-state index contributed by atoms with van der Waals surface area (Å²) in [5.41, 5.74) is 4.27. The summed E-state index contributed by atoms with van der Waals surface area (Å²) in [4.78, 5) is 13.9. The van der Waals surface area contributed by atoms with Crippen molar-refractivity contribution >= 4 is 21.6 Å². The summed E-state index contributed by atoms with van der Waals surface area (Å²) in [5.74, 6) is -0.0788. The van der Waals surface area contributed by atoms with E-state index in [0.29, 0.717) is 37.6 Å². The molecule has 0 saturated carbocycles. The maximum Gasteiger partial charge on any atom is 0.279 e. The van der Waals surface area contributed by atoms with Crippen LogP contribution in [0.25, 0.3) is 0 Å². The molecular weight excluding hydrogens is 390 g/mol. The van der Waals surface area contributed by atoms with Crippen molar-refractivity contribution in [3.63, 3.8) is 0 Å². The van der Waals surface area contributed by atoms with Crippen molar-refractivity contribution in [2.24, 2.45) is 7.05 Å². The van der Waals surface area contributed by atoms with Gasteiger partial charge in [0.1, 0.15) is 0 Å². The standard InChI is InChI=1S/C20H29N5O3S/c1-14-6-7-18(15(2)12-14)29(27,28)25-10-8-24(9-11-25)13-19(26)21-20-16(3)22-23(5)17(20)4/h6-7,12H,8-11,13H2,1-5H3,(H,21,26)/p+1. The van der Waals surface area contributed by atoms with E-state index >= 15 is 0 Å². The highest BCUT2D eigenvalue weighted by atomic mass is 32.2. The van der Waals surface area contributed by atoms with Crippen molar-refractivity contribution in [2.75, 3.05) is 38.0 Å². The molecule has 1 fully saturated rings. The molecule has 0 aliphatic carbocycles. The summed E-state index contributed by atoms with van der Waals surface area (Å²) in [6.07, 6.45) is 0. The minimum Gasteiger partial charge on any atom is -0.325 e. The summed E-state index contributed by atoms with van der Waals surface area (Å²) < 4.78 is 29.3. The zero-order chi connectivity index (χ0) is 21.3. The van der Waals surface area contributed by atoms with Crippen LogP contribution in [0.15, 0.2) is 23.1 Å². The molecule has 2 N–H and O–H groups in total. The predicted octanol–water partition coefficient (Wildman–Crippen LogP) is 0.182. The summed E-state index contributed by atoms with van der Waals surface area (Å²) in [7, 11) is -1.66. The van der Waals surface area contributed by atoms with Gasteiger partial charge in [-0.05, 0) is 39.3 Å². The fourth-order valence-corrected chi connectivity index (χ4v) is 5.46.